The fourth-order valence-electron chi connectivity index (χ4n) is 2.64. The van der Waals surface area contributed by atoms with E-state index in [1.54, 1.807) is 55.6 Å². The van der Waals surface area contributed by atoms with Crippen molar-refractivity contribution in [2.45, 2.75) is 11.7 Å². The van der Waals surface area contributed by atoms with Crippen LogP contribution in [-0.2, 0) is 14.4 Å². The Bertz CT molecular complexity index is 855. The third-order valence-corrected chi connectivity index (χ3v) is 5.43. The summed E-state index contributed by atoms with van der Waals surface area (Å²) in [5.74, 6) is -0.119. The number of hydrogen-bond acceptors (Lipinski definition) is 5. The Kier molecular flexibility index (Phi) is 6.03. The molecule has 1 saturated heterocycles. The van der Waals surface area contributed by atoms with E-state index in [-0.39, 0.29) is 29.9 Å². The SMILES string of the molecule is COc1ccc(N2C(=O)C[C@H](SCC(=O)Nc3ccc(Cl)cc3)C2=O)cc1. The maximum Gasteiger partial charge on any atom is 0.247 e. The molecule has 27 heavy (non-hydrogen) atoms. The van der Waals surface area contributed by atoms with Crippen LogP contribution in [0.25, 0.3) is 0 Å². The van der Waals surface area contributed by atoms with Gasteiger partial charge in [0.2, 0.25) is 17.7 Å². The van der Waals surface area contributed by atoms with E-state index in [1.807, 2.05) is 0 Å². The fraction of sp³-hybridized carbons (Fsp3) is 0.211. The number of nitrogens with zero attached hydrogens (tertiary/aromatic N) is 1. The Labute approximate surface area is 165 Å². The summed E-state index contributed by atoms with van der Waals surface area (Å²) in [5.41, 5.74) is 1.12. The van der Waals surface area contributed by atoms with Crippen LogP contribution in [0, 0.1) is 0 Å². The highest BCUT2D eigenvalue weighted by Gasteiger charge is 2.40. The highest BCUT2D eigenvalue weighted by molar-refractivity contribution is 8.01. The molecular formula is C19H17ClN2O4S. The van der Waals surface area contributed by atoms with Crippen molar-refractivity contribution >= 4 is 52.5 Å². The van der Waals surface area contributed by atoms with Crippen molar-refractivity contribution in [2.24, 2.45) is 0 Å². The molecule has 0 unspecified atom stereocenters. The van der Waals surface area contributed by atoms with Crippen molar-refractivity contribution in [3.8, 4) is 5.75 Å². The number of rotatable bonds is 6. The van der Waals surface area contributed by atoms with Gasteiger partial charge in [-0.3, -0.25) is 14.4 Å². The van der Waals surface area contributed by atoms with Gasteiger partial charge in [-0.25, -0.2) is 4.90 Å². The maximum absolute atomic E-state index is 12.6. The van der Waals surface area contributed by atoms with Crippen LogP contribution in [0.4, 0.5) is 11.4 Å². The number of hydrogen-bond donors (Lipinski definition) is 1. The largest absolute Gasteiger partial charge is 0.497 e. The van der Waals surface area contributed by atoms with Gasteiger partial charge in [-0.2, -0.15) is 0 Å². The fourth-order valence-corrected chi connectivity index (χ4v) is 3.70. The first-order valence-corrected chi connectivity index (χ1v) is 9.58. The van der Waals surface area contributed by atoms with Gasteiger partial charge in [-0.1, -0.05) is 11.6 Å². The maximum atomic E-state index is 12.6. The molecule has 1 N–H and O–H groups in total. The molecule has 1 aliphatic heterocycles. The number of carbonyl (C=O) groups excluding carboxylic acids is 3. The predicted octanol–water partition coefficient (Wildman–Crippen LogP) is 3.35. The van der Waals surface area contributed by atoms with Gasteiger partial charge < -0.3 is 10.1 Å². The van der Waals surface area contributed by atoms with Crippen LogP contribution in [0.5, 0.6) is 5.75 Å². The molecule has 0 bridgehead atoms. The van der Waals surface area contributed by atoms with Crippen LogP contribution in [0.15, 0.2) is 48.5 Å². The lowest BCUT2D eigenvalue weighted by Crippen LogP contribution is -2.31. The number of methoxy groups -OCH3 is 1. The molecular weight excluding hydrogens is 388 g/mol. The van der Waals surface area contributed by atoms with Crippen molar-refractivity contribution in [3.63, 3.8) is 0 Å². The summed E-state index contributed by atoms with van der Waals surface area (Å²) >= 11 is 6.97. The summed E-state index contributed by atoms with van der Waals surface area (Å²) in [6.45, 7) is 0. The summed E-state index contributed by atoms with van der Waals surface area (Å²) in [7, 11) is 1.54. The van der Waals surface area contributed by atoms with Gasteiger partial charge in [0.25, 0.3) is 0 Å². The number of halogens is 1. The van der Waals surface area contributed by atoms with Crippen LogP contribution >= 0.6 is 23.4 Å². The molecule has 1 fully saturated rings. The van der Waals surface area contributed by atoms with Gasteiger partial charge in [-0.15, -0.1) is 11.8 Å². The Hall–Kier alpha value is -2.51. The average Bonchev–Trinajstić information content (AvgIpc) is 2.95. The number of anilines is 2. The van der Waals surface area contributed by atoms with E-state index < -0.39 is 5.25 Å². The zero-order valence-electron chi connectivity index (χ0n) is 14.5. The minimum atomic E-state index is -0.574. The van der Waals surface area contributed by atoms with Crippen LogP contribution in [-0.4, -0.2) is 35.8 Å². The summed E-state index contributed by atoms with van der Waals surface area (Å²) in [4.78, 5) is 38.1. The van der Waals surface area contributed by atoms with Crippen LogP contribution in [0.1, 0.15) is 6.42 Å². The molecule has 8 heteroatoms. The highest BCUT2D eigenvalue weighted by Crippen LogP contribution is 2.30. The molecule has 6 nitrogen and oxygen atoms in total. The number of imide groups is 1. The van der Waals surface area contributed by atoms with Crippen LogP contribution in [0.3, 0.4) is 0 Å². The lowest BCUT2D eigenvalue weighted by molar-refractivity contribution is -0.121. The van der Waals surface area contributed by atoms with Crippen molar-refractivity contribution in [3.05, 3.63) is 53.6 Å². The number of amides is 3. The second kappa shape index (κ2) is 8.45. The molecule has 2 aromatic rings. The second-order valence-electron chi connectivity index (χ2n) is 5.82. The quantitative estimate of drug-likeness (QED) is 0.747. The topological polar surface area (TPSA) is 75.7 Å². The standard InChI is InChI=1S/C19H17ClN2O4S/c1-26-15-8-6-14(7-9-15)22-18(24)10-16(19(22)25)27-11-17(23)21-13-4-2-12(20)3-5-13/h2-9,16H,10-11H2,1H3,(H,21,23)/t16-/m0/s1. The first-order valence-electron chi connectivity index (χ1n) is 8.16. The normalized spacial score (nSPS) is 16.5. The molecule has 0 aliphatic carbocycles. The first kappa shape index (κ1) is 19.3. The molecule has 0 aromatic heterocycles. The lowest BCUT2D eigenvalue weighted by atomic mass is 10.3. The molecule has 2 aromatic carbocycles. The number of ether oxygens (including phenoxy) is 1. The molecule has 0 radical (unpaired) electrons. The van der Waals surface area contributed by atoms with E-state index >= 15 is 0 Å². The predicted molar refractivity (Wildman–Crippen MR) is 106 cm³/mol. The molecule has 1 aliphatic rings. The van der Waals surface area contributed by atoms with Gasteiger partial charge in [0.15, 0.2) is 0 Å². The minimum Gasteiger partial charge on any atom is -0.497 e. The molecule has 0 saturated carbocycles. The van der Waals surface area contributed by atoms with Gasteiger partial charge in [0.1, 0.15) is 5.75 Å². The van der Waals surface area contributed by atoms with Gasteiger partial charge in [0.05, 0.1) is 23.8 Å². The summed E-state index contributed by atoms with van der Waals surface area (Å²) in [6.07, 6.45) is 0.0732. The summed E-state index contributed by atoms with van der Waals surface area (Å²) in [6, 6.07) is 13.4. The Morgan fingerprint density at radius 1 is 1.19 bits per heavy atom. The highest BCUT2D eigenvalue weighted by atomic mass is 35.5. The third-order valence-electron chi connectivity index (χ3n) is 3.98. The van der Waals surface area contributed by atoms with E-state index in [4.69, 9.17) is 16.3 Å². The average molecular weight is 405 g/mol. The second-order valence-corrected chi connectivity index (χ2v) is 7.45. The van der Waals surface area contributed by atoms with E-state index in [1.165, 1.54) is 0 Å². The van der Waals surface area contributed by atoms with Crippen molar-refractivity contribution < 1.29 is 19.1 Å². The summed E-state index contributed by atoms with van der Waals surface area (Å²) < 4.78 is 5.08. The summed E-state index contributed by atoms with van der Waals surface area (Å²) in [5, 5.41) is 2.74. The number of benzene rings is 2. The molecule has 140 valence electrons. The molecule has 1 atom stereocenters. The Morgan fingerprint density at radius 2 is 1.85 bits per heavy atom. The molecule has 3 amide bonds. The molecule has 1 heterocycles. The number of thioether (sulfide) groups is 1. The van der Waals surface area contributed by atoms with Gasteiger partial charge >= 0.3 is 0 Å². The zero-order chi connectivity index (χ0) is 19.4. The van der Waals surface area contributed by atoms with Crippen molar-refractivity contribution in [1.29, 1.82) is 0 Å². The van der Waals surface area contributed by atoms with Crippen molar-refractivity contribution in [1.82, 2.24) is 0 Å². The third kappa shape index (κ3) is 4.61. The molecule has 3 rings (SSSR count). The molecule has 0 spiro atoms. The van der Waals surface area contributed by atoms with E-state index in [0.717, 1.165) is 16.7 Å². The Morgan fingerprint density at radius 3 is 2.48 bits per heavy atom. The first-order chi connectivity index (χ1) is 13.0. The van der Waals surface area contributed by atoms with Crippen LogP contribution in [0.2, 0.25) is 5.02 Å². The lowest BCUT2D eigenvalue weighted by Gasteiger charge is -2.15. The number of nitrogens with one attached hydrogen (secondary N) is 1. The van der Waals surface area contributed by atoms with Crippen LogP contribution < -0.4 is 15.0 Å². The zero-order valence-corrected chi connectivity index (χ0v) is 16.0. The van der Waals surface area contributed by atoms with E-state index in [9.17, 15) is 14.4 Å². The van der Waals surface area contributed by atoms with E-state index in [0.29, 0.717) is 22.1 Å². The number of carbonyl (C=O) groups is 3. The monoisotopic (exact) mass is 404 g/mol. The Balaban J connectivity index is 1.57. The van der Waals surface area contributed by atoms with Gasteiger partial charge in [0, 0.05) is 17.1 Å². The smallest absolute Gasteiger partial charge is 0.247 e. The van der Waals surface area contributed by atoms with Crippen molar-refractivity contribution in [2.75, 3.05) is 23.1 Å². The van der Waals surface area contributed by atoms with E-state index in [2.05, 4.69) is 5.32 Å². The minimum absolute atomic E-state index is 0.0722. The van der Waals surface area contributed by atoms with Gasteiger partial charge in [-0.05, 0) is 48.5 Å².